The fourth-order valence-electron chi connectivity index (χ4n) is 1.07. The monoisotopic (exact) mass is 201 g/mol. The molecule has 5 N–H and O–H groups in total. The third kappa shape index (κ3) is 7.54. The van der Waals surface area contributed by atoms with Crippen molar-refractivity contribution in [3.63, 3.8) is 0 Å². The minimum Gasteiger partial charge on any atom is -0.480 e. The van der Waals surface area contributed by atoms with Gasteiger partial charge >= 0.3 is 5.97 Å². The summed E-state index contributed by atoms with van der Waals surface area (Å²) < 4.78 is 0. The number of hydrogen-bond acceptors (Lipinski definition) is 3. The van der Waals surface area contributed by atoms with Crippen molar-refractivity contribution in [2.75, 3.05) is 6.54 Å². The van der Waals surface area contributed by atoms with Crippen LogP contribution in [0.15, 0.2) is 0 Å². The maximum absolute atomic E-state index is 10.3. The molecular weight excluding hydrogens is 182 g/mol. The highest BCUT2D eigenvalue weighted by Crippen LogP contribution is 2.01. The Morgan fingerprint density at radius 2 is 2.14 bits per heavy atom. The highest BCUT2D eigenvalue weighted by Gasteiger charge is 2.09. The van der Waals surface area contributed by atoms with Crippen molar-refractivity contribution in [1.29, 1.82) is 5.41 Å². The van der Waals surface area contributed by atoms with E-state index in [4.69, 9.17) is 16.2 Å². The molecule has 0 aromatic rings. The van der Waals surface area contributed by atoms with E-state index in [2.05, 4.69) is 5.32 Å². The number of rotatable bonds is 7. The van der Waals surface area contributed by atoms with Gasteiger partial charge in [-0.15, -0.1) is 0 Å². The van der Waals surface area contributed by atoms with Crippen LogP contribution in [0.3, 0.4) is 0 Å². The van der Waals surface area contributed by atoms with E-state index >= 15 is 0 Å². The lowest BCUT2D eigenvalue weighted by Crippen LogP contribution is -2.29. The summed E-state index contributed by atoms with van der Waals surface area (Å²) in [4.78, 5) is 10.3. The van der Waals surface area contributed by atoms with Gasteiger partial charge in [0.25, 0.3) is 0 Å². The van der Waals surface area contributed by atoms with Crippen LogP contribution in [0.4, 0.5) is 0 Å². The van der Waals surface area contributed by atoms with Crippen LogP contribution in [-0.4, -0.2) is 29.5 Å². The summed E-state index contributed by atoms with van der Waals surface area (Å²) in [5.41, 5.74) is 5.33. The van der Waals surface area contributed by atoms with E-state index in [0.29, 0.717) is 12.3 Å². The Labute approximate surface area is 84.2 Å². The summed E-state index contributed by atoms with van der Waals surface area (Å²) in [6.45, 7) is 2.47. The fourth-order valence-corrected chi connectivity index (χ4v) is 1.07. The number of aliphatic carboxylic acids is 1. The quantitative estimate of drug-likeness (QED) is 0.274. The SMILES string of the molecule is CC(=N)NCCCCCC(N)C(=O)O. The zero-order chi connectivity index (χ0) is 11.0. The average Bonchev–Trinajstić information content (AvgIpc) is 2.09. The van der Waals surface area contributed by atoms with Crippen LogP contribution in [0.2, 0.25) is 0 Å². The van der Waals surface area contributed by atoms with Crippen LogP contribution in [0.1, 0.15) is 32.6 Å². The molecule has 0 radical (unpaired) electrons. The van der Waals surface area contributed by atoms with Crippen molar-refractivity contribution in [3.05, 3.63) is 0 Å². The first-order valence-electron chi connectivity index (χ1n) is 4.81. The molecule has 0 rings (SSSR count). The van der Waals surface area contributed by atoms with Gasteiger partial charge in [-0.3, -0.25) is 10.2 Å². The molecule has 82 valence electrons. The zero-order valence-electron chi connectivity index (χ0n) is 8.55. The van der Waals surface area contributed by atoms with Crippen molar-refractivity contribution in [2.45, 2.75) is 38.6 Å². The third-order valence-corrected chi connectivity index (χ3v) is 1.90. The number of nitrogens with two attached hydrogens (primary N) is 1. The van der Waals surface area contributed by atoms with Gasteiger partial charge in [0.2, 0.25) is 0 Å². The highest BCUT2D eigenvalue weighted by molar-refractivity contribution is 5.75. The van der Waals surface area contributed by atoms with Crippen LogP contribution >= 0.6 is 0 Å². The topological polar surface area (TPSA) is 99.2 Å². The summed E-state index contributed by atoms with van der Waals surface area (Å²) in [7, 11) is 0. The Morgan fingerprint density at radius 3 is 2.64 bits per heavy atom. The summed E-state index contributed by atoms with van der Waals surface area (Å²) in [5, 5.41) is 18.5. The molecule has 0 aromatic heterocycles. The van der Waals surface area contributed by atoms with Gasteiger partial charge in [-0.25, -0.2) is 0 Å². The largest absolute Gasteiger partial charge is 0.480 e. The number of carboxylic acid groups (broad SMARTS) is 1. The molecule has 0 aliphatic heterocycles. The second-order valence-corrected chi connectivity index (χ2v) is 3.35. The van der Waals surface area contributed by atoms with Crippen LogP contribution in [0.5, 0.6) is 0 Å². The van der Waals surface area contributed by atoms with Crippen molar-refractivity contribution >= 4 is 11.8 Å². The second kappa shape index (κ2) is 7.32. The Balaban J connectivity index is 3.21. The van der Waals surface area contributed by atoms with Gasteiger partial charge < -0.3 is 16.2 Å². The summed E-state index contributed by atoms with van der Waals surface area (Å²) in [6, 6.07) is -0.729. The van der Waals surface area contributed by atoms with E-state index in [9.17, 15) is 4.79 Å². The number of carbonyl (C=O) groups is 1. The standard InChI is InChI=1S/C9H19N3O2/c1-7(10)12-6-4-2-3-5-8(11)9(13)14/h8H,2-6,11H2,1H3,(H2,10,12)(H,13,14). The van der Waals surface area contributed by atoms with E-state index in [1.54, 1.807) is 6.92 Å². The molecule has 0 amide bonds. The first-order chi connectivity index (χ1) is 6.54. The second-order valence-electron chi connectivity index (χ2n) is 3.35. The molecular formula is C9H19N3O2. The Kier molecular flexibility index (Phi) is 6.74. The molecule has 0 fully saturated rings. The zero-order valence-corrected chi connectivity index (χ0v) is 8.55. The van der Waals surface area contributed by atoms with E-state index in [0.717, 1.165) is 25.8 Å². The van der Waals surface area contributed by atoms with E-state index < -0.39 is 12.0 Å². The van der Waals surface area contributed by atoms with Gasteiger partial charge in [-0.1, -0.05) is 12.8 Å². The molecule has 0 aliphatic rings. The predicted molar refractivity (Wildman–Crippen MR) is 55.5 cm³/mol. The van der Waals surface area contributed by atoms with Crippen LogP contribution in [-0.2, 0) is 4.79 Å². The lowest BCUT2D eigenvalue weighted by molar-refractivity contribution is -0.138. The van der Waals surface area contributed by atoms with Gasteiger partial charge in [0, 0.05) is 6.54 Å². The van der Waals surface area contributed by atoms with Gasteiger partial charge in [-0.05, 0) is 19.8 Å². The molecule has 0 heterocycles. The number of nitrogens with one attached hydrogen (secondary N) is 2. The summed E-state index contributed by atoms with van der Waals surface area (Å²) in [5.74, 6) is -0.467. The molecule has 5 heteroatoms. The molecule has 1 atom stereocenters. The smallest absolute Gasteiger partial charge is 0.320 e. The summed E-state index contributed by atoms with van der Waals surface area (Å²) >= 11 is 0. The maximum atomic E-state index is 10.3. The Hall–Kier alpha value is -1.10. The molecule has 1 unspecified atom stereocenters. The minimum atomic E-state index is -0.932. The summed E-state index contributed by atoms with van der Waals surface area (Å²) in [6.07, 6.45) is 3.24. The van der Waals surface area contributed by atoms with Gasteiger partial charge in [-0.2, -0.15) is 0 Å². The molecule has 0 bridgehead atoms. The van der Waals surface area contributed by atoms with Gasteiger partial charge in [0.05, 0.1) is 5.84 Å². The van der Waals surface area contributed by atoms with Crippen LogP contribution in [0.25, 0.3) is 0 Å². The number of hydrogen-bond donors (Lipinski definition) is 4. The Morgan fingerprint density at radius 1 is 1.50 bits per heavy atom. The van der Waals surface area contributed by atoms with Crippen molar-refractivity contribution in [3.8, 4) is 0 Å². The van der Waals surface area contributed by atoms with Gasteiger partial charge in [0.15, 0.2) is 0 Å². The highest BCUT2D eigenvalue weighted by atomic mass is 16.4. The van der Waals surface area contributed by atoms with Crippen molar-refractivity contribution < 1.29 is 9.90 Å². The lowest BCUT2D eigenvalue weighted by Gasteiger charge is -2.06. The lowest BCUT2D eigenvalue weighted by atomic mass is 10.1. The van der Waals surface area contributed by atoms with Crippen molar-refractivity contribution in [1.82, 2.24) is 5.32 Å². The van der Waals surface area contributed by atoms with E-state index in [1.165, 1.54) is 0 Å². The molecule has 0 saturated heterocycles. The maximum Gasteiger partial charge on any atom is 0.320 e. The molecule has 0 saturated carbocycles. The average molecular weight is 201 g/mol. The molecule has 0 aliphatic carbocycles. The third-order valence-electron chi connectivity index (χ3n) is 1.90. The number of unbranched alkanes of at least 4 members (excludes halogenated alkanes) is 2. The van der Waals surface area contributed by atoms with Crippen molar-refractivity contribution in [2.24, 2.45) is 5.73 Å². The fraction of sp³-hybridized carbons (Fsp3) is 0.778. The molecule has 5 nitrogen and oxygen atoms in total. The molecule has 0 aromatic carbocycles. The molecule has 0 spiro atoms. The number of carboxylic acids is 1. The number of amidine groups is 1. The van der Waals surface area contributed by atoms with E-state index in [1.807, 2.05) is 0 Å². The first kappa shape index (κ1) is 12.9. The van der Waals surface area contributed by atoms with E-state index in [-0.39, 0.29) is 0 Å². The normalized spacial score (nSPS) is 12.1. The van der Waals surface area contributed by atoms with Crippen LogP contribution < -0.4 is 11.1 Å². The first-order valence-corrected chi connectivity index (χ1v) is 4.81. The van der Waals surface area contributed by atoms with Crippen LogP contribution in [0, 0.1) is 5.41 Å². The van der Waals surface area contributed by atoms with Gasteiger partial charge in [0.1, 0.15) is 6.04 Å². The molecule has 14 heavy (non-hydrogen) atoms. The minimum absolute atomic E-state index is 0.465. The predicted octanol–water partition coefficient (Wildman–Crippen LogP) is 0.545. The Bertz CT molecular complexity index is 194.